The summed E-state index contributed by atoms with van der Waals surface area (Å²) in [7, 11) is -1.27. The Morgan fingerprint density at radius 2 is 1.76 bits per heavy atom. The van der Waals surface area contributed by atoms with Crippen molar-refractivity contribution >= 4 is 57.7 Å². The molecule has 1 aromatic heterocycles. The molecule has 4 aromatic rings. The first-order chi connectivity index (χ1) is 19.5. The lowest BCUT2D eigenvalue weighted by molar-refractivity contribution is -0.137. The van der Waals surface area contributed by atoms with E-state index in [0.29, 0.717) is 11.3 Å². The molecule has 0 aliphatic carbocycles. The van der Waals surface area contributed by atoms with Gasteiger partial charge >= 0.3 is 6.18 Å². The second kappa shape index (κ2) is 13.2. The lowest BCUT2D eigenvalue weighted by atomic mass is 10.1. The molecular weight excluding hydrogens is 602 g/mol. The van der Waals surface area contributed by atoms with Crippen LogP contribution in [0, 0.1) is 0 Å². The number of rotatable bonds is 9. The molecule has 0 aliphatic heterocycles. The molecule has 2 amide bonds. The molecule has 212 valence electrons. The lowest BCUT2D eigenvalue weighted by Gasteiger charge is -2.12. The van der Waals surface area contributed by atoms with Crippen LogP contribution in [0.25, 0.3) is 0 Å². The third-order valence-corrected chi connectivity index (χ3v) is 7.38. The van der Waals surface area contributed by atoms with Crippen LogP contribution in [0.2, 0.25) is 10.0 Å². The number of carbonyl (C=O) groups excluding carboxylic acids is 2. The second-order valence-corrected chi connectivity index (χ2v) is 10.9. The molecule has 0 spiro atoms. The third kappa shape index (κ3) is 8.29. The third-order valence-electron chi connectivity index (χ3n) is 5.55. The summed E-state index contributed by atoms with van der Waals surface area (Å²) in [6.07, 6.45) is -2.13. The van der Waals surface area contributed by atoms with Gasteiger partial charge in [-0.1, -0.05) is 41.4 Å². The van der Waals surface area contributed by atoms with Gasteiger partial charge in [-0.25, -0.2) is 5.43 Å². The highest BCUT2D eigenvalue weighted by Crippen LogP contribution is 2.34. The van der Waals surface area contributed by atoms with Gasteiger partial charge in [-0.05, 0) is 65.7 Å². The predicted octanol–water partition coefficient (Wildman–Crippen LogP) is 7.07. The number of hydrogen-bond donors (Lipinski definition) is 2. The Morgan fingerprint density at radius 1 is 0.951 bits per heavy atom. The summed E-state index contributed by atoms with van der Waals surface area (Å²) in [5.41, 5.74) is 2.23. The van der Waals surface area contributed by atoms with Crippen LogP contribution >= 0.6 is 23.2 Å². The van der Waals surface area contributed by atoms with E-state index in [2.05, 4.69) is 15.8 Å². The summed E-state index contributed by atoms with van der Waals surface area (Å²) in [5, 5.41) is 6.10. The smallest absolute Gasteiger partial charge is 0.417 e. The maximum Gasteiger partial charge on any atom is 0.417 e. The molecule has 3 aromatic carbocycles. The number of hydrogen-bond acceptors (Lipinski definition) is 5. The van der Waals surface area contributed by atoms with E-state index >= 15 is 0 Å². The van der Waals surface area contributed by atoms with Crippen molar-refractivity contribution in [1.82, 2.24) is 5.43 Å². The lowest BCUT2D eigenvalue weighted by Crippen LogP contribution is -2.21. The van der Waals surface area contributed by atoms with Gasteiger partial charge in [-0.3, -0.25) is 13.8 Å². The summed E-state index contributed by atoms with van der Waals surface area (Å²) >= 11 is 11.7. The number of halogens is 5. The maximum atomic E-state index is 13.1. The van der Waals surface area contributed by atoms with Crippen molar-refractivity contribution in [3.8, 4) is 0 Å². The van der Waals surface area contributed by atoms with E-state index in [1.54, 1.807) is 36.4 Å². The van der Waals surface area contributed by atoms with Crippen molar-refractivity contribution in [2.24, 2.45) is 5.10 Å². The summed E-state index contributed by atoms with van der Waals surface area (Å²) in [6.45, 7) is 0. The van der Waals surface area contributed by atoms with Gasteiger partial charge in [0, 0.05) is 27.1 Å². The maximum absolute atomic E-state index is 13.1. The number of nitrogens with zero attached hydrogens (tertiary/aromatic N) is 1. The van der Waals surface area contributed by atoms with Crippen LogP contribution in [0.4, 0.5) is 18.9 Å². The molecule has 0 radical (unpaired) electrons. The fourth-order valence-electron chi connectivity index (χ4n) is 3.67. The predicted molar refractivity (Wildman–Crippen MR) is 152 cm³/mol. The van der Waals surface area contributed by atoms with Gasteiger partial charge in [-0.15, -0.1) is 0 Å². The summed E-state index contributed by atoms with van der Waals surface area (Å²) < 4.78 is 57.0. The van der Waals surface area contributed by atoms with Gasteiger partial charge in [0.05, 0.1) is 40.1 Å². The molecule has 1 unspecified atom stereocenters. The molecule has 1 heterocycles. The first-order valence-corrected chi connectivity index (χ1v) is 14.0. The number of anilines is 1. The summed E-state index contributed by atoms with van der Waals surface area (Å²) in [6, 6.07) is 17.4. The number of alkyl halides is 3. The van der Waals surface area contributed by atoms with Crippen LogP contribution in [-0.2, 0) is 28.5 Å². The molecular formula is C28H20Cl2F3N3O4S. The van der Waals surface area contributed by atoms with Crippen molar-refractivity contribution in [1.29, 1.82) is 0 Å². The normalized spacial score (nSPS) is 12.3. The number of carbonyl (C=O) groups is 2. The van der Waals surface area contributed by atoms with Crippen molar-refractivity contribution in [2.75, 3.05) is 5.32 Å². The van der Waals surface area contributed by atoms with Crippen molar-refractivity contribution < 1.29 is 31.4 Å². The van der Waals surface area contributed by atoms with Crippen LogP contribution in [0.1, 0.15) is 43.2 Å². The fourth-order valence-corrected chi connectivity index (χ4v) is 5.20. The largest absolute Gasteiger partial charge is 0.468 e. The van der Waals surface area contributed by atoms with Gasteiger partial charge in [-0.2, -0.15) is 18.3 Å². The average Bonchev–Trinajstić information content (AvgIpc) is 3.43. The SMILES string of the molecule is O=C(Nc1ccc(Cl)cc1C(=O)N/N=C/c1ccc(Cl)c(C(F)(F)F)c1)c1cccc(CS(=O)Cc2ccco2)c1. The molecule has 0 bridgehead atoms. The van der Waals surface area contributed by atoms with E-state index in [4.69, 9.17) is 27.6 Å². The van der Waals surface area contributed by atoms with Gasteiger partial charge in [0.25, 0.3) is 11.8 Å². The number of benzene rings is 3. The fraction of sp³-hybridized carbons (Fsp3) is 0.107. The van der Waals surface area contributed by atoms with Gasteiger partial charge in [0.15, 0.2) is 0 Å². The van der Waals surface area contributed by atoms with Gasteiger partial charge < -0.3 is 9.73 Å². The first-order valence-electron chi connectivity index (χ1n) is 11.8. The molecule has 4 rings (SSSR count). The number of amides is 2. The van der Waals surface area contributed by atoms with Crippen molar-refractivity contribution in [3.05, 3.63) is 123 Å². The first kappa shape index (κ1) is 30.0. The van der Waals surface area contributed by atoms with Crippen LogP contribution in [0.5, 0.6) is 0 Å². The van der Waals surface area contributed by atoms with Crippen molar-refractivity contribution in [3.63, 3.8) is 0 Å². The molecule has 7 nitrogen and oxygen atoms in total. The van der Waals surface area contributed by atoms with Crippen LogP contribution in [-0.4, -0.2) is 22.2 Å². The topological polar surface area (TPSA) is 101 Å². The Hall–Kier alpha value is -3.93. The van der Waals surface area contributed by atoms with E-state index in [1.165, 1.54) is 30.5 Å². The van der Waals surface area contributed by atoms with Crippen LogP contribution < -0.4 is 10.7 Å². The number of furan rings is 1. The van der Waals surface area contributed by atoms with Crippen LogP contribution in [0.3, 0.4) is 0 Å². The number of hydrazone groups is 1. The standard InChI is InChI=1S/C28H20Cl2F3N3O4S/c29-20-7-9-25(22(13-20)27(38)36-34-14-17-6-8-24(30)23(12-17)28(31,32)33)35-26(37)19-4-1-3-18(11-19)15-41(39)16-21-5-2-10-40-21/h1-14H,15-16H2,(H,35,37)(H,36,38)/b34-14+. The average molecular weight is 622 g/mol. The minimum absolute atomic E-state index is 0.0363. The van der Waals surface area contributed by atoms with Crippen LogP contribution in [0.15, 0.2) is 88.6 Å². The minimum atomic E-state index is -4.66. The molecule has 2 N–H and O–H groups in total. The molecule has 0 saturated heterocycles. The molecule has 0 saturated carbocycles. The minimum Gasteiger partial charge on any atom is -0.468 e. The molecule has 13 heteroatoms. The Morgan fingerprint density at radius 3 is 2.49 bits per heavy atom. The van der Waals surface area contributed by atoms with Gasteiger partial charge in [0.2, 0.25) is 0 Å². The van der Waals surface area contributed by atoms with E-state index in [9.17, 15) is 27.0 Å². The second-order valence-electron chi connectivity index (χ2n) is 8.59. The monoisotopic (exact) mass is 621 g/mol. The van der Waals surface area contributed by atoms with Gasteiger partial charge in [0.1, 0.15) is 5.76 Å². The Labute approximate surface area is 244 Å². The van der Waals surface area contributed by atoms with E-state index in [0.717, 1.165) is 18.3 Å². The molecule has 1 atom stereocenters. The summed E-state index contributed by atoms with van der Waals surface area (Å²) in [4.78, 5) is 25.8. The zero-order valence-corrected chi connectivity index (χ0v) is 23.2. The number of nitrogens with one attached hydrogen (secondary N) is 2. The Balaban J connectivity index is 1.45. The highest BCUT2D eigenvalue weighted by molar-refractivity contribution is 7.83. The highest BCUT2D eigenvalue weighted by atomic mass is 35.5. The summed E-state index contributed by atoms with van der Waals surface area (Å²) in [5.74, 6) is -0.284. The van der Waals surface area contributed by atoms with E-state index in [1.807, 2.05) is 0 Å². The zero-order valence-electron chi connectivity index (χ0n) is 20.9. The Kier molecular flexibility index (Phi) is 9.64. The quantitative estimate of drug-likeness (QED) is 0.154. The Bertz CT molecular complexity index is 1630. The zero-order chi connectivity index (χ0) is 29.6. The molecule has 0 aliphatic rings. The van der Waals surface area contributed by atoms with E-state index < -0.39 is 39.4 Å². The van der Waals surface area contributed by atoms with E-state index in [-0.39, 0.29) is 38.9 Å². The molecule has 41 heavy (non-hydrogen) atoms. The van der Waals surface area contributed by atoms with Crippen molar-refractivity contribution in [2.45, 2.75) is 17.7 Å². The molecule has 0 fully saturated rings. The highest BCUT2D eigenvalue weighted by Gasteiger charge is 2.33.